The Bertz CT molecular complexity index is 894. The van der Waals surface area contributed by atoms with Crippen LogP contribution < -0.4 is 10.6 Å². The third-order valence-corrected chi connectivity index (χ3v) is 5.82. The molecule has 5 nitrogen and oxygen atoms in total. The quantitative estimate of drug-likeness (QED) is 0.773. The Morgan fingerprint density at radius 2 is 1.70 bits per heavy atom. The summed E-state index contributed by atoms with van der Waals surface area (Å²) in [6.07, 6.45) is 3.30. The summed E-state index contributed by atoms with van der Waals surface area (Å²) >= 11 is 0. The van der Waals surface area contributed by atoms with Gasteiger partial charge < -0.3 is 15.5 Å². The van der Waals surface area contributed by atoms with Gasteiger partial charge in [0.05, 0.1) is 6.04 Å². The van der Waals surface area contributed by atoms with E-state index in [0.717, 1.165) is 30.5 Å². The SMILES string of the molecule is Cl.O=C(Nc1cccc(-c2cccc(F)c2)c1)C1CCN(C(=O)C2CCCN2)CC1. The van der Waals surface area contributed by atoms with Crippen LogP contribution >= 0.6 is 12.4 Å². The van der Waals surface area contributed by atoms with Crippen LogP contribution in [0.2, 0.25) is 0 Å². The average molecular weight is 432 g/mol. The lowest BCUT2D eigenvalue weighted by Crippen LogP contribution is -2.48. The van der Waals surface area contributed by atoms with E-state index in [4.69, 9.17) is 0 Å². The highest BCUT2D eigenvalue weighted by Gasteiger charge is 2.31. The largest absolute Gasteiger partial charge is 0.341 e. The highest BCUT2D eigenvalue weighted by Crippen LogP contribution is 2.25. The summed E-state index contributed by atoms with van der Waals surface area (Å²) in [6.45, 7) is 2.15. The van der Waals surface area contributed by atoms with Crippen LogP contribution in [0, 0.1) is 11.7 Å². The molecule has 2 N–H and O–H groups in total. The number of likely N-dealkylation sites (tertiary alicyclic amines) is 1. The second kappa shape index (κ2) is 10.0. The standard InChI is InChI=1S/C23H26FN3O2.ClH/c24-19-6-1-4-17(14-19)18-5-2-7-20(15-18)26-22(28)16-9-12-27(13-10-16)23(29)21-8-3-11-25-21;/h1-2,4-7,14-16,21,25H,3,8-13H2,(H,26,28);1H. The van der Waals surface area contributed by atoms with Crippen molar-refractivity contribution >= 4 is 29.9 Å². The van der Waals surface area contributed by atoms with Crippen molar-refractivity contribution in [1.29, 1.82) is 0 Å². The van der Waals surface area contributed by atoms with Crippen LogP contribution in [0.3, 0.4) is 0 Å². The first kappa shape index (κ1) is 22.2. The van der Waals surface area contributed by atoms with Gasteiger partial charge in [-0.3, -0.25) is 9.59 Å². The van der Waals surface area contributed by atoms with Crippen molar-refractivity contribution in [2.75, 3.05) is 25.0 Å². The fraction of sp³-hybridized carbons (Fsp3) is 0.391. The van der Waals surface area contributed by atoms with Gasteiger partial charge in [-0.2, -0.15) is 0 Å². The number of nitrogens with one attached hydrogen (secondary N) is 2. The number of anilines is 1. The highest BCUT2D eigenvalue weighted by atomic mass is 35.5. The van der Waals surface area contributed by atoms with Crippen molar-refractivity contribution < 1.29 is 14.0 Å². The van der Waals surface area contributed by atoms with Gasteiger partial charge in [0.2, 0.25) is 11.8 Å². The molecule has 7 heteroatoms. The number of halogens is 2. The Morgan fingerprint density at radius 3 is 2.37 bits per heavy atom. The van der Waals surface area contributed by atoms with Gasteiger partial charge in [0.1, 0.15) is 5.82 Å². The summed E-state index contributed by atoms with van der Waals surface area (Å²) in [4.78, 5) is 27.1. The molecule has 0 spiro atoms. The zero-order valence-electron chi connectivity index (χ0n) is 16.8. The van der Waals surface area contributed by atoms with Gasteiger partial charge in [0.15, 0.2) is 0 Å². The summed E-state index contributed by atoms with van der Waals surface area (Å²) in [5, 5.41) is 6.24. The maximum atomic E-state index is 13.5. The summed E-state index contributed by atoms with van der Waals surface area (Å²) < 4.78 is 13.5. The smallest absolute Gasteiger partial charge is 0.239 e. The van der Waals surface area contributed by atoms with Crippen LogP contribution in [0.5, 0.6) is 0 Å². The van der Waals surface area contributed by atoms with Gasteiger partial charge in [0.25, 0.3) is 0 Å². The van der Waals surface area contributed by atoms with Crippen LogP contribution in [0.25, 0.3) is 11.1 Å². The zero-order chi connectivity index (χ0) is 20.2. The molecule has 2 aliphatic rings. The van der Waals surface area contributed by atoms with E-state index in [0.29, 0.717) is 31.6 Å². The molecule has 0 saturated carbocycles. The molecular formula is C23H27ClFN3O2. The minimum Gasteiger partial charge on any atom is -0.341 e. The van der Waals surface area contributed by atoms with Crippen LogP contribution in [-0.2, 0) is 9.59 Å². The van der Waals surface area contributed by atoms with Gasteiger partial charge in [0, 0.05) is 24.7 Å². The molecule has 2 heterocycles. The second-order valence-corrected chi connectivity index (χ2v) is 7.83. The van der Waals surface area contributed by atoms with Crippen LogP contribution in [0.15, 0.2) is 48.5 Å². The number of carbonyl (C=O) groups is 2. The molecule has 0 aromatic heterocycles. The monoisotopic (exact) mass is 431 g/mol. The predicted molar refractivity (Wildman–Crippen MR) is 118 cm³/mol. The molecule has 2 fully saturated rings. The average Bonchev–Trinajstić information content (AvgIpc) is 3.28. The lowest BCUT2D eigenvalue weighted by molar-refractivity contribution is -0.136. The third-order valence-electron chi connectivity index (χ3n) is 5.82. The number of piperidine rings is 1. The van der Waals surface area contributed by atoms with E-state index in [9.17, 15) is 14.0 Å². The Kier molecular flexibility index (Phi) is 7.45. The Morgan fingerprint density at radius 1 is 1.00 bits per heavy atom. The molecule has 0 radical (unpaired) electrons. The molecular weight excluding hydrogens is 405 g/mol. The maximum absolute atomic E-state index is 13.5. The topological polar surface area (TPSA) is 61.4 Å². The molecule has 1 atom stereocenters. The molecule has 2 aromatic carbocycles. The van der Waals surface area contributed by atoms with Gasteiger partial charge in [-0.25, -0.2) is 4.39 Å². The van der Waals surface area contributed by atoms with E-state index < -0.39 is 0 Å². The molecule has 160 valence electrons. The zero-order valence-corrected chi connectivity index (χ0v) is 17.6. The van der Waals surface area contributed by atoms with Gasteiger partial charge >= 0.3 is 0 Å². The number of hydrogen-bond donors (Lipinski definition) is 2. The van der Waals surface area contributed by atoms with Crippen molar-refractivity contribution in [1.82, 2.24) is 10.2 Å². The van der Waals surface area contributed by atoms with E-state index in [1.807, 2.05) is 35.2 Å². The summed E-state index contributed by atoms with van der Waals surface area (Å²) in [5.74, 6) is -0.240. The van der Waals surface area contributed by atoms with Crippen molar-refractivity contribution in [3.63, 3.8) is 0 Å². The number of amides is 2. The van der Waals surface area contributed by atoms with E-state index in [1.165, 1.54) is 12.1 Å². The Hall–Kier alpha value is -2.44. The first-order valence-electron chi connectivity index (χ1n) is 10.3. The number of benzene rings is 2. The molecule has 1 unspecified atom stereocenters. The summed E-state index contributed by atoms with van der Waals surface area (Å²) in [6, 6.07) is 13.8. The van der Waals surface area contributed by atoms with E-state index in [-0.39, 0.29) is 42.0 Å². The maximum Gasteiger partial charge on any atom is 0.239 e. The Labute approximate surface area is 182 Å². The predicted octanol–water partition coefficient (Wildman–Crippen LogP) is 3.84. The number of carbonyl (C=O) groups excluding carboxylic acids is 2. The van der Waals surface area contributed by atoms with Gasteiger partial charge in [-0.1, -0.05) is 24.3 Å². The van der Waals surface area contributed by atoms with E-state index in [1.54, 1.807) is 6.07 Å². The number of nitrogens with zero attached hydrogens (tertiary/aromatic N) is 1. The molecule has 0 aliphatic carbocycles. The number of rotatable bonds is 4. The lowest BCUT2D eigenvalue weighted by atomic mass is 9.95. The van der Waals surface area contributed by atoms with Crippen LogP contribution in [-0.4, -0.2) is 42.4 Å². The third kappa shape index (κ3) is 5.18. The fourth-order valence-corrected chi connectivity index (χ4v) is 4.17. The highest BCUT2D eigenvalue weighted by molar-refractivity contribution is 5.93. The van der Waals surface area contributed by atoms with E-state index >= 15 is 0 Å². The number of hydrogen-bond acceptors (Lipinski definition) is 3. The molecule has 0 bridgehead atoms. The summed E-state index contributed by atoms with van der Waals surface area (Å²) in [5.41, 5.74) is 2.32. The van der Waals surface area contributed by atoms with E-state index in [2.05, 4.69) is 10.6 Å². The minimum absolute atomic E-state index is 0. The molecule has 4 rings (SSSR count). The van der Waals surface area contributed by atoms with Crippen molar-refractivity contribution in [3.8, 4) is 11.1 Å². The first-order chi connectivity index (χ1) is 14.1. The Balaban J connectivity index is 0.00000256. The molecule has 2 aromatic rings. The van der Waals surface area contributed by atoms with Crippen LogP contribution in [0.4, 0.5) is 10.1 Å². The minimum atomic E-state index is -0.286. The van der Waals surface area contributed by atoms with Gasteiger partial charge in [-0.05, 0) is 67.6 Å². The normalized spacial score (nSPS) is 19.2. The van der Waals surface area contributed by atoms with Crippen molar-refractivity contribution in [3.05, 3.63) is 54.3 Å². The molecule has 2 aliphatic heterocycles. The lowest BCUT2D eigenvalue weighted by Gasteiger charge is -2.33. The van der Waals surface area contributed by atoms with Gasteiger partial charge in [-0.15, -0.1) is 12.4 Å². The first-order valence-corrected chi connectivity index (χ1v) is 10.3. The van der Waals surface area contributed by atoms with Crippen molar-refractivity contribution in [2.45, 2.75) is 31.7 Å². The molecule has 2 amide bonds. The summed E-state index contributed by atoms with van der Waals surface area (Å²) in [7, 11) is 0. The second-order valence-electron chi connectivity index (χ2n) is 7.83. The fourth-order valence-electron chi connectivity index (χ4n) is 4.17. The molecule has 30 heavy (non-hydrogen) atoms. The van der Waals surface area contributed by atoms with Crippen molar-refractivity contribution in [2.24, 2.45) is 5.92 Å². The van der Waals surface area contributed by atoms with Crippen LogP contribution in [0.1, 0.15) is 25.7 Å². The molecule has 2 saturated heterocycles.